The van der Waals surface area contributed by atoms with E-state index >= 15 is 0 Å². The predicted molar refractivity (Wildman–Crippen MR) is 115 cm³/mol. The van der Waals surface area contributed by atoms with Gasteiger partial charge in [-0.15, -0.1) is 0 Å². The van der Waals surface area contributed by atoms with Crippen LogP contribution in [-0.2, 0) is 30.7 Å². The molecule has 160 valence electrons. The van der Waals surface area contributed by atoms with Crippen LogP contribution < -0.4 is 4.90 Å². The van der Waals surface area contributed by atoms with Gasteiger partial charge in [-0.05, 0) is 48.4 Å². The molecule has 0 N–H and O–H groups in total. The largest absolute Gasteiger partial charge is 0.337 e. The van der Waals surface area contributed by atoms with E-state index in [0.717, 1.165) is 12.2 Å². The molecule has 2 atom stereocenters. The third-order valence-electron chi connectivity index (χ3n) is 6.55. The van der Waals surface area contributed by atoms with Gasteiger partial charge in [0.25, 0.3) is 5.92 Å². The summed E-state index contributed by atoms with van der Waals surface area (Å²) in [5, 5.41) is 0. The van der Waals surface area contributed by atoms with Gasteiger partial charge in [-0.1, -0.05) is 36.4 Å². The number of amides is 1. The summed E-state index contributed by atoms with van der Waals surface area (Å²) < 4.78 is 30.5. The standard InChI is InChI=1S/C25H25F2N3O/c1-29-13-12-28-23(29)16-30(24(31)21-15-20(21)17-6-3-2-4-7-17)19-9-10-22-18(14-19)8-5-11-25(22,26)27/h2-4,6-7,9-10,12-14,20-21H,5,8,11,15-16H2,1H3. The lowest BCUT2D eigenvalue weighted by atomic mass is 9.88. The molecular formula is C25H25F2N3O. The quantitative estimate of drug-likeness (QED) is 0.569. The van der Waals surface area contributed by atoms with E-state index in [1.165, 1.54) is 11.6 Å². The first-order valence-electron chi connectivity index (χ1n) is 10.8. The fourth-order valence-electron chi connectivity index (χ4n) is 4.67. The molecular weight excluding hydrogens is 396 g/mol. The number of aromatic nitrogens is 2. The number of halogens is 2. The number of aryl methyl sites for hydroxylation is 2. The van der Waals surface area contributed by atoms with Gasteiger partial charge in [-0.3, -0.25) is 4.79 Å². The van der Waals surface area contributed by atoms with Crippen molar-refractivity contribution in [3.63, 3.8) is 0 Å². The zero-order chi connectivity index (χ0) is 21.6. The van der Waals surface area contributed by atoms with Crippen LogP contribution in [0.5, 0.6) is 0 Å². The van der Waals surface area contributed by atoms with Crippen molar-refractivity contribution >= 4 is 11.6 Å². The second kappa shape index (κ2) is 7.59. The molecule has 2 aliphatic rings. The van der Waals surface area contributed by atoms with Crippen LogP contribution in [0, 0.1) is 5.92 Å². The predicted octanol–water partition coefficient (Wildman–Crippen LogP) is 5.19. The van der Waals surface area contributed by atoms with Gasteiger partial charge in [-0.25, -0.2) is 13.8 Å². The number of imidazole rings is 1. The molecule has 1 amide bonds. The number of carbonyl (C=O) groups is 1. The highest BCUT2D eigenvalue weighted by molar-refractivity contribution is 5.97. The van der Waals surface area contributed by atoms with Crippen molar-refractivity contribution in [3.05, 3.63) is 83.4 Å². The summed E-state index contributed by atoms with van der Waals surface area (Å²) in [4.78, 5) is 19.7. The van der Waals surface area contributed by atoms with E-state index in [2.05, 4.69) is 17.1 Å². The Morgan fingerprint density at radius 1 is 1.23 bits per heavy atom. The van der Waals surface area contributed by atoms with Gasteiger partial charge in [0, 0.05) is 43.0 Å². The van der Waals surface area contributed by atoms with Gasteiger partial charge in [0.15, 0.2) is 0 Å². The highest BCUT2D eigenvalue weighted by atomic mass is 19.3. The minimum absolute atomic E-state index is 0.0272. The van der Waals surface area contributed by atoms with Gasteiger partial charge >= 0.3 is 0 Å². The van der Waals surface area contributed by atoms with Crippen LogP contribution in [0.15, 0.2) is 60.9 Å². The zero-order valence-electron chi connectivity index (χ0n) is 17.5. The van der Waals surface area contributed by atoms with Crippen LogP contribution in [0.4, 0.5) is 14.5 Å². The van der Waals surface area contributed by atoms with Gasteiger partial charge < -0.3 is 9.47 Å². The summed E-state index contributed by atoms with van der Waals surface area (Å²) >= 11 is 0. The Morgan fingerprint density at radius 3 is 2.77 bits per heavy atom. The van der Waals surface area contributed by atoms with Crippen LogP contribution >= 0.6 is 0 Å². The molecule has 1 heterocycles. The number of rotatable bonds is 5. The Bertz CT molecular complexity index is 1110. The Labute approximate surface area is 180 Å². The molecule has 0 aliphatic heterocycles. The van der Waals surface area contributed by atoms with Crippen LogP contribution in [0.1, 0.15) is 47.7 Å². The number of alkyl halides is 2. The average molecular weight is 421 g/mol. The summed E-state index contributed by atoms with van der Waals surface area (Å²) in [6, 6.07) is 15.0. The number of hydrogen-bond donors (Lipinski definition) is 0. The molecule has 2 unspecified atom stereocenters. The molecule has 0 bridgehead atoms. The Kier molecular flexibility index (Phi) is 4.88. The summed E-state index contributed by atoms with van der Waals surface area (Å²) in [6.07, 6.45) is 5.30. The van der Waals surface area contributed by atoms with E-state index in [1.54, 1.807) is 23.2 Å². The van der Waals surface area contributed by atoms with Gasteiger partial charge in [0.2, 0.25) is 5.91 Å². The normalized spacial score (nSPS) is 21.4. The van der Waals surface area contributed by atoms with Crippen LogP contribution in [0.25, 0.3) is 0 Å². The minimum atomic E-state index is -2.80. The van der Waals surface area contributed by atoms with Gasteiger partial charge in [-0.2, -0.15) is 0 Å². The second-order valence-electron chi connectivity index (χ2n) is 8.64. The maximum atomic E-state index is 14.3. The molecule has 1 saturated carbocycles. The molecule has 5 rings (SSSR count). The number of anilines is 1. The van der Waals surface area contributed by atoms with Crippen molar-refractivity contribution in [2.24, 2.45) is 13.0 Å². The van der Waals surface area contributed by atoms with E-state index in [4.69, 9.17) is 0 Å². The number of benzene rings is 2. The molecule has 3 aromatic rings. The molecule has 0 spiro atoms. The Hall–Kier alpha value is -3.02. The summed E-state index contributed by atoms with van der Waals surface area (Å²) in [6.45, 7) is 0.315. The van der Waals surface area contributed by atoms with Crippen molar-refractivity contribution in [1.82, 2.24) is 9.55 Å². The van der Waals surface area contributed by atoms with Crippen molar-refractivity contribution in [3.8, 4) is 0 Å². The van der Waals surface area contributed by atoms with Gasteiger partial charge in [0.1, 0.15) is 5.82 Å². The fraction of sp³-hybridized carbons (Fsp3) is 0.360. The van der Waals surface area contributed by atoms with E-state index in [0.29, 0.717) is 30.6 Å². The highest BCUT2D eigenvalue weighted by Crippen LogP contribution is 2.49. The molecule has 4 nitrogen and oxygen atoms in total. The summed E-state index contributed by atoms with van der Waals surface area (Å²) in [5.74, 6) is -1.90. The zero-order valence-corrected chi connectivity index (χ0v) is 17.5. The van der Waals surface area contributed by atoms with Crippen molar-refractivity contribution in [2.75, 3.05) is 4.90 Å². The number of carbonyl (C=O) groups excluding carboxylic acids is 1. The van der Waals surface area contributed by atoms with Crippen LogP contribution in [-0.4, -0.2) is 15.5 Å². The Morgan fingerprint density at radius 2 is 2.03 bits per heavy atom. The highest BCUT2D eigenvalue weighted by Gasteiger charge is 2.46. The smallest absolute Gasteiger partial charge is 0.273 e. The lowest BCUT2D eigenvalue weighted by Crippen LogP contribution is -2.33. The third kappa shape index (κ3) is 3.75. The minimum Gasteiger partial charge on any atom is -0.337 e. The van der Waals surface area contributed by atoms with Crippen LogP contribution in [0.2, 0.25) is 0 Å². The molecule has 1 fully saturated rings. The summed E-state index contributed by atoms with van der Waals surface area (Å²) in [7, 11) is 1.89. The maximum absolute atomic E-state index is 14.3. The van der Waals surface area contributed by atoms with Crippen molar-refractivity contribution < 1.29 is 13.6 Å². The third-order valence-corrected chi connectivity index (χ3v) is 6.55. The number of fused-ring (bicyclic) bond motifs is 1. The molecule has 0 radical (unpaired) electrons. The molecule has 6 heteroatoms. The Balaban J connectivity index is 1.47. The second-order valence-corrected chi connectivity index (χ2v) is 8.64. The van der Waals surface area contributed by atoms with Gasteiger partial charge in [0.05, 0.1) is 6.54 Å². The van der Waals surface area contributed by atoms with E-state index in [9.17, 15) is 13.6 Å². The first kappa shape index (κ1) is 19.9. The topological polar surface area (TPSA) is 38.1 Å². The molecule has 0 saturated heterocycles. The maximum Gasteiger partial charge on any atom is 0.273 e. The first-order chi connectivity index (χ1) is 14.9. The average Bonchev–Trinajstić information content (AvgIpc) is 3.47. The SMILES string of the molecule is Cn1ccnc1CN(C(=O)C1CC1c1ccccc1)c1ccc2c(c1)CCCC2(F)F. The number of nitrogens with zero attached hydrogens (tertiary/aromatic N) is 3. The monoisotopic (exact) mass is 421 g/mol. The van der Waals surface area contributed by atoms with E-state index in [-0.39, 0.29) is 29.7 Å². The van der Waals surface area contributed by atoms with E-state index < -0.39 is 5.92 Å². The molecule has 2 aliphatic carbocycles. The van der Waals surface area contributed by atoms with Crippen molar-refractivity contribution in [1.29, 1.82) is 0 Å². The lowest BCUT2D eigenvalue weighted by molar-refractivity contribution is -0.120. The summed E-state index contributed by atoms with van der Waals surface area (Å²) in [5.41, 5.74) is 2.58. The number of hydrogen-bond acceptors (Lipinski definition) is 2. The first-order valence-corrected chi connectivity index (χ1v) is 10.8. The lowest BCUT2D eigenvalue weighted by Gasteiger charge is -2.28. The molecule has 2 aromatic carbocycles. The molecule has 31 heavy (non-hydrogen) atoms. The molecule has 1 aromatic heterocycles. The fourth-order valence-corrected chi connectivity index (χ4v) is 4.67. The van der Waals surface area contributed by atoms with E-state index in [1.807, 2.05) is 36.0 Å². The van der Waals surface area contributed by atoms with Crippen LogP contribution in [0.3, 0.4) is 0 Å². The van der Waals surface area contributed by atoms with Crippen molar-refractivity contribution in [2.45, 2.75) is 44.1 Å².